The van der Waals surface area contributed by atoms with Crippen LogP contribution >= 0.6 is 23.1 Å². The van der Waals surface area contributed by atoms with Crippen LogP contribution in [0.3, 0.4) is 0 Å². The van der Waals surface area contributed by atoms with Gasteiger partial charge in [0.25, 0.3) is 5.56 Å². The van der Waals surface area contributed by atoms with Gasteiger partial charge in [0, 0.05) is 18.0 Å². The lowest BCUT2D eigenvalue weighted by atomic mass is 10.1. The number of fused-ring (bicyclic) bond motifs is 1. The highest BCUT2D eigenvalue weighted by atomic mass is 32.2. The molecule has 1 aliphatic carbocycles. The van der Waals surface area contributed by atoms with Gasteiger partial charge in [-0.2, -0.15) is 0 Å². The van der Waals surface area contributed by atoms with Gasteiger partial charge >= 0.3 is 0 Å². The van der Waals surface area contributed by atoms with Crippen LogP contribution in [0.5, 0.6) is 0 Å². The van der Waals surface area contributed by atoms with Crippen LogP contribution in [-0.4, -0.2) is 29.8 Å². The summed E-state index contributed by atoms with van der Waals surface area (Å²) in [6.45, 7) is 0. The number of thiophene rings is 1. The van der Waals surface area contributed by atoms with E-state index in [4.69, 9.17) is 0 Å². The Morgan fingerprint density at radius 3 is 2.82 bits per heavy atom. The predicted molar refractivity (Wildman–Crippen MR) is 106 cm³/mol. The highest BCUT2D eigenvalue weighted by Gasteiger charge is 2.27. The number of nitrogens with zero attached hydrogens (tertiary/aromatic N) is 6. The molecule has 28 heavy (non-hydrogen) atoms. The molecule has 0 saturated heterocycles. The van der Waals surface area contributed by atoms with Crippen molar-refractivity contribution in [3.63, 3.8) is 0 Å². The number of thioether (sulfide) groups is 1. The zero-order valence-corrected chi connectivity index (χ0v) is 16.5. The summed E-state index contributed by atoms with van der Waals surface area (Å²) in [6, 6.07) is 6.55. The topological polar surface area (TPSA) is 78.5 Å². The number of aromatic nitrogens is 6. The molecule has 1 saturated carbocycles. The van der Waals surface area contributed by atoms with E-state index in [1.54, 1.807) is 23.7 Å². The second-order valence-electron chi connectivity index (χ2n) is 6.65. The van der Waals surface area contributed by atoms with E-state index in [1.807, 2.05) is 10.1 Å². The van der Waals surface area contributed by atoms with E-state index in [1.165, 1.54) is 35.2 Å². The van der Waals surface area contributed by atoms with Crippen LogP contribution in [0.1, 0.15) is 24.7 Å². The van der Waals surface area contributed by atoms with Gasteiger partial charge in [0.1, 0.15) is 10.6 Å². The number of benzene rings is 1. The van der Waals surface area contributed by atoms with Gasteiger partial charge in [-0.3, -0.25) is 9.36 Å². The molecule has 3 aromatic heterocycles. The third-order valence-corrected chi connectivity index (χ3v) is 6.61. The maximum atomic E-state index is 13.2. The van der Waals surface area contributed by atoms with E-state index in [-0.39, 0.29) is 11.4 Å². The fourth-order valence-electron chi connectivity index (χ4n) is 3.06. The van der Waals surface area contributed by atoms with Gasteiger partial charge in [-0.05, 0) is 41.0 Å². The van der Waals surface area contributed by atoms with Crippen molar-refractivity contribution in [2.24, 2.45) is 7.05 Å². The molecule has 0 bridgehead atoms. The highest BCUT2D eigenvalue weighted by molar-refractivity contribution is 7.98. The normalized spacial score (nSPS) is 14.1. The number of rotatable bonds is 5. The summed E-state index contributed by atoms with van der Waals surface area (Å²) >= 11 is 2.86. The zero-order chi connectivity index (χ0) is 19.3. The van der Waals surface area contributed by atoms with Crippen LogP contribution in [0.15, 0.2) is 39.6 Å². The molecular weight excluding hydrogens is 399 g/mol. The molecule has 1 fully saturated rings. The molecular formula is C18H15FN6OS2. The fourth-order valence-corrected chi connectivity index (χ4v) is 4.94. The van der Waals surface area contributed by atoms with Gasteiger partial charge in [0.2, 0.25) is 0 Å². The number of halogens is 1. The fraction of sp³-hybridized carbons (Fsp3) is 0.278. The van der Waals surface area contributed by atoms with Crippen LogP contribution in [0.2, 0.25) is 0 Å². The van der Waals surface area contributed by atoms with E-state index in [0.29, 0.717) is 27.2 Å². The third-order valence-electron chi connectivity index (χ3n) is 4.71. The molecule has 0 radical (unpaired) electrons. The van der Waals surface area contributed by atoms with Crippen molar-refractivity contribution in [1.29, 1.82) is 0 Å². The molecule has 1 aliphatic rings. The van der Waals surface area contributed by atoms with Gasteiger partial charge in [-0.15, -0.1) is 16.4 Å². The maximum Gasteiger partial charge on any atom is 0.263 e. The third kappa shape index (κ3) is 3.02. The predicted octanol–water partition coefficient (Wildman–Crippen LogP) is 3.41. The van der Waals surface area contributed by atoms with Crippen molar-refractivity contribution < 1.29 is 4.39 Å². The molecule has 10 heteroatoms. The van der Waals surface area contributed by atoms with Crippen molar-refractivity contribution in [3.05, 3.63) is 51.6 Å². The summed E-state index contributed by atoms with van der Waals surface area (Å²) in [5.41, 5.74) is 1.47. The van der Waals surface area contributed by atoms with Crippen LogP contribution in [0, 0.1) is 5.82 Å². The first-order chi connectivity index (χ1) is 13.6. The Bertz CT molecular complexity index is 1230. The van der Waals surface area contributed by atoms with Crippen molar-refractivity contribution in [2.45, 2.75) is 29.8 Å². The van der Waals surface area contributed by atoms with E-state index in [0.717, 1.165) is 29.8 Å². The number of tetrazole rings is 1. The molecule has 0 amide bonds. The Balaban J connectivity index is 1.49. The lowest BCUT2D eigenvalue weighted by Crippen LogP contribution is -2.19. The Hall–Kier alpha value is -2.59. The Morgan fingerprint density at radius 1 is 1.29 bits per heavy atom. The van der Waals surface area contributed by atoms with Gasteiger partial charge < -0.3 is 0 Å². The molecule has 5 rings (SSSR count). The van der Waals surface area contributed by atoms with E-state index >= 15 is 0 Å². The minimum absolute atomic E-state index is 0.116. The molecule has 0 atom stereocenters. The van der Waals surface area contributed by atoms with E-state index in [9.17, 15) is 9.18 Å². The second kappa shape index (κ2) is 6.78. The van der Waals surface area contributed by atoms with Gasteiger partial charge in [-0.25, -0.2) is 14.1 Å². The summed E-state index contributed by atoms with van der Waals surface area (Å²) in [5, 5.41) is 15.0. The molecule has 0 aliphatic heterocycles. The quantitative estimate of drug-likeness (QED) is 0.368. The molecule has 0 N–H and O–H groups in total. The van der Waals surface area contributed by atoms with Crippen LogP contribution < -0.4 is 5.56 Å². The first kappa shape index (κ1) is 17.5. The Labute approximate surface area is 167 Å². The standard InChI is InChI=1S/C18H15FN6OS2/c1-24-17(26)15-13(10-2-4-11(19)5-3-10)8-27-16(15)20-18(24)28-9-14-21-22-23-25(14)12-6-7-12/h2-5,8,12H,6-7,9H2,1H3. The monoisotopic (exact) mass is 414 g/mol. The average Bonchev–Trinajstić information content (AvgIpc) is 3.28. The highest BCUT2D eigenvalue weighted by Crippen LogP contribution is 2.36. The van der Waals surface area contributed by atoms with Crippen molar-refractivity contribution in [1.82, 2.24) is 29.8 Å². The minimum Gasteiger partial charge on any atom is -0.290 e. The van der Waals surface area contributed by atoms with Gasteiger partial charge in [-0.1, -0.05) is 23.9 Å². The first-order valence-electron chi connectivity index (χ1n) is 8.75. The van der Waals surface area contributed by atoms with Crippen molar-refractivity contribution in [3.8, 4) is 11.1 Å². The molecule has 0 unspecified atom stereocenters. The van der Waals surface area contributed by atoms with Crippen LogP contribution in [-0.2, 0) is 12.8 Å². The number of hydrogen-bond donors (Lipinski definition) is 0. The molecule has 4 aromatic rings. The summed E-state index contributed by atoms with van der Waals surface area (Å²) in [5.74, 6) is 1.03. The summed E-state index contributed by atoms with van der Waals surface area (Å²) in [6.07, 6.45) is 2.21. The van der Waals surface area contributed by atoms with Crippen molar-refractivity contribution in [2.75, 3.05) is 0 Å². The molecule has 0 spiro atoms. The van der Waals surface area contributed by atoms with Crippen LogP contribution in [0.25, 0.3) is 21.3 Å². The first-order valence-corrected chi connectivity index (χ1v) is 10.6. The molecule has 142 valence electrons. The summed E-state index contributed by atoms with van der Waals surface area (Å²) in [4.78, 5) is 18.4. The number of hydrogen-bond acceptors (Lipinski definition) is 7. The molecule has 1 aromatic carbocycles. The second-order valence-corrected chi connectivity index (χ2v) is 8.46. The lowest BCUT2D eigenvalue weighted by Gasteiger charge is -2.08. The Kier molecular flexibility index (Phi) is 4.24. The van der Waals surface area contributed by atoms with E-state index < -0.39 is 0 Å². The molecule has 7 nitrogen and oxygen atoms in total. The summed E-state index contributed by atoms with van der Waals surface area (Å²) in [7, 11) is 1.72. The van der Waals surface area contributed by atoms with Gasteiger partial charge in [0.15, 0.2) is 11.0 Å². The van der Waals surface area contributed by atoms with Crippen molar-refractivity contribution >= 4 is 33.3 Å². The van der Waals surface area contributed by atoms with Gasteiger partial charge in [0.05, 0.1) is 17.2 Å². The zero-order valence-electron chi connectivity index (χ0n) is 14.9. The minimum atomic E-state index is -0.304. The van der Waals surface area contributed by atoms with E-state index in [2.05, 4.69) is 20.5 Å². The summed E-state index contributed by atoms with van der Waals surface area (Å²) < 4.78 is 16.6. The largest absolute Gasteiger partial charge is 0.290 e. The van der Waals surface area contributed by atoms with Crippen LogP contribution in [0.4, 0.5) is 4.39 Å². The maximum absolute atomic E-state index is 13.2. The average molecular weight is 414 g/mol. The SMILES string of the molecule is Cn1c(SCc2nnnn2C2CC2)nc2scc(-c3ccc(F)cc3)c2c1=O. The molecule has 3 heterocycles. The lowest BCUT2D eigenvalue weighted by molar-refractivity contribution is 0.593. The smallest absolute Gasteiger partial charge is 0.263 e. The Morgan fingerprint density at radius 2 is 2.07 bits per heavy atom.